The van der Waals surface area contributed by atoms with Gasteiger partial charge in [0.1, 0.15) is 18.2 Å². The van der Waals surface area contributed by atoms with Crippen molar-refractivity contribution in [1.29, 1.82) is 0 Å². The maximum Gasteiger partial charge on any atom is 0.263 e. The molecule has 54 heavy (non-hydrogen) atoms. The number of ether oxygens (including phenoxy) is 1. The quantitative estimate of drug-likeness (QED) is 0.0649. The molecule has 0 aliphatic rings. The summed E-state index contributed by atoms with van der Waals surface area (Å²) in [5, 5.41) is 17.5. The Morgan fingerprint density at radius 2 is 1.41 bits per heavy atom. The van der Waals surface area contributed by atoms with Crippen LogP contribution in [0.5, 0.6) is 5.75 Å². The van der Waals surface area contributed by atoms with Gasteiger partial charge in [0, 0.05) is 37.2 Å². The molecule has 6 aromatic rings. The fourth-order valence-electron chi connectivity index (χ4n) is 5.76. The molecule has 1 amide bonds. The van der Waals surface area contributed by atoms with E-state index in [0.717, 1.165) is 34.5 Å². The fourth-order valence-corrected chi connectivity index (χ4v) is 6.77. The van der Waals surface area contributed by atoms with Crippen LogP contribution in [0.25, 0.3) is 0 Å². The van der Waals surface area contributed by atoms with Crippen molar-refractivity contribution in [3.8, 4) is 5.75 Å². The Labute approximate surface area is 317 Å². The lowest BCUT2D eigenvalue weighted by atomic mass is 10.1. The third-order valence-electron chi connectivity index (χ3n) is 8.55. The number of carbonyl (C=O) groups excluding carboxylic acids is 1. The minimum absolute atomic E-state index is 0. The van der Waals surface area contributed by atoms with Crippen LogP contribution in [0.1, 0.15) is 35.8 Å². The second-order valence-electron chi connectivity index (χ2n) is 12.4. The smallest absolute Gasteiger partial charge is 0.263 e. The number of anilines is 4. The van der Waals surface area contributed by atoms with Crippen molar-refractivity contribution >= 4 is 39.3 Å². The fraction of sp³-hybridized carbons (Fsp3) is 0.163. The van der Waals surface area contributed by atoms with Gasteiger partial charge < -0.3 is 20.5 Å². The van der Waals surface area contributed by atoms with Gasteiger partial charge in [-0.05, 0) is 89.3 Å². The van der Waals surface area contributed by atoms with Gasteiger partial charge in [-0.25, -0.2) is 13.4 Å². The zero-order valence-electron chi connectivity index (χ0n) is 29.0. The number of benzene rings is 5. The second kappa shape index (κ2) is 19.2. The van der Waals surface area contributed by atoms with Crippen molar-refractivity contribution in [2.45, 2.75) is 38.0 Å². The van der Waals surface area contributed by atoms with Crippen molar-refractivity contribution in [1.82, 2.24) is 9.88 Å². The molecule has 5 aromatic carbocycles. The maximum atomic E-state index is 12.8. The van der Waals surface area contributed by atoms with E-state index in [2.05, 4.69) is 49.5 Å². The summed E-state index contributed by atoms with van der Waals surface area (Å²) < 4.78 is 34.0. The summed E-state index contributed by atoms with van der Waals surface area (Å²) in [5.41, 5.74) is 6.05. The van der Waals surface area contributed by atoms with Crippen LogP contribution in [0.2, 0.25) is 0 Å². The highest BCUT2D eigenvalue weighted by molar-refractivity contribution is 7.92. The molecule has 0 aliphatic carbocycles. The van der Waals surface area contributed by atoms with Crippen molar-refractivity contribution in [2.75, 3.05) is 28.4 Å². The zero-order valence-corrected chi connectivity index (χ0v) is 29.8. The molecular formula is C43H45N5O5S. The Morgan fingerprint density at radius 3 is 2.06 bits per heavy atom. The van der Waals surface area contributed by atoms with Crippen LogP contribution >= 0.6 is 0 Å². The van der Waals surface area contributed by atoms with E-state index in [1.54, 1.807) is 54.6 Å². The van der Waals surface area contributed by atoms with Gasteiger partial charge >= 0.3 is 0 Å². The van der Waals surface area contributed by atoms with Crippen LogP contribution in [-0.4, -0.2) is 42.9 Å². The molecule has 11 heteroatoms. The number of amides is 1. The molecule has 0 fully saturated rings. The molecule has 0 saturated carbocycles. The summed E-state index contributed by atoms with van der Waals surface area (Å²) >= 11 is 0. The first-order valence-corrected chi connectivity index (χ1v) is 18.7. The van der Waals surface area contributed by atoms with E-state index in [0.29, 0.717) is 49.7 Å². The van der Waals surface area contributed by atoms with Crippen LogP contribution in [-0.2, 0) is 34.4 Å². The van der Waals surface area contributed by atoms with Crippen LogP contribution in [0, 0.1) is 0 Å². The van der Waals surface area contributed by atoms with Crippen molar-refractivity contribution in [3.05, 3.63) is 174 Å². The lowest BCUT2D eigenvalue weighted by Gasteiger charge is -2.26. The van der Waals surface area contributed by atoms with Crippen molar-refractivity contribution in [2.24, 2.45) is 0 Å². The lowest BCUT2D eigenvalue weighted by Crippen LogP contribution is -2.30. The maximum absolute atomic E-state index is 12.8. The number of nitrogens with zero attached hydrogens (tertiary/aromatic N) is 2. The molecule has 10 nitrogen and oxygen atoms in total. The number of nitrogens with one attached hydrogen (secondary N) is 3. The Morgan fingerprint density at radius 1 is 0.759 bits per heavy atom. The standard InChI is InChI=1S/C42H41N5O5S.CH4/c48-31-44-39-27-35(16-23-41(39)52-30-34-11-5-2-6-12-34)40(49)29-47(28-33-9-3-1-4-10-33)26-24-32-14-17-36(18-15-32)45-37-19-21-38(22-20-37)53(50,51)46-42-13-7-8-25-43-42;/h1-23,25,27,31,40,45,49H,24,26,28-30H2,(H,43,46)(H,44,48);1H4/t40-;/m0./s1. The minimum Gasteiger partial charge on any atom is -0.487 e. The predicted molar refractivity (Wildman–Crippen MR) is 215 cm³/mol. The van der Waals surface area contributed by atoms with Gasteiger partial charge in [-0.2, -0.15) is 0 Å². The topological polar surface area (TPSA) is 133 Å². The molecule has 1 atom stereocenters. The number of aliphatic hydroxyl groups is 1. The molecule has 0 unspecified atom stereocenters. The average molecular weight is 744 g/mol. The molecule has 0 aliphatic heterocycles. The molecular weight excluding hydrogens is 699 g/mol. The van der Waals surface area contributed by atoms with E-state index in [4.69, 9.17) is 4.74 Å². The van der Waals surface area contributed by atoms with E-state index in [-0.39, 0.29) is 18.1 Å². The van der Waals surface area contributed by atoms with Crippen molar-refractivity contribution in [3.63, 3.8) is 0 Å². The largest absolute Gasteiger partial charge is 0.487 e. The monoisotopic (exact) mass is 743 g/mol. The number of rotatable bonds is 18. The molecule has 1 heterocycles. The lowest BCUT2D eigenvalue weighted by molar-refractivity contribution is -0.105. The highest BCUT2D eigenvalue weighted by atomic mass is 32.2. The highest BCUT2D eigenvalue weighted by Gasteiger charge is 2.18. The average Bonchev–Trinajstić information content (AvgIpc) is 3.18. The minimum atomic E-state index is -3.76. The van der Waals surface area contributed by atoms with E-state index in [1.165, 1.54) is 6.20 Å². The predicted octanol–water partition coefficient (Wildman–Crippen LogP) is 8.19. The van der Waals surface area contributed by atoms with Gasteiger partial charge in [-0.15, -0.1) is 0 Å². The summed E-state index contributed by atoms with van der Waals surface area (Å²) in [4.78, 5) is 17.8. The first kappa shape index (κ1) is 39.2. The first-order chi connectivity index (χ1) is 25.8. The van der Waals surface area contributed by atoms with E-state index >= 15 is 0 Å². The van der Waals surface area contributed by atoms with Gasteiger partial charge in [0.15, 0.2) is 0 Å². The van der Waals surface area contributed by atoms with Crippen LogP contribution in [0.3, 0.4) is 0 Å². The Balaban J connectivity index is 0.00000561. The van der Waals surface area contributed by atoms with Gasteiger partial charge in [-0.3, -0.25) is 14.4 Å². The van der Waals surface area contributed by atoms with Crippen molar-refractivity contribution < 1.29 is 23.1 Å². The first-order valence-electron chi connectivity index (χ1n) is 17.2. The van der Waals surface area contributed by atoms with Gasteiger partial charge in [0.2, 0.25) is 6.41 Å². The Kier molecular flexibility index (Phi) is 13.9. The normalized spacial score (nSPS) is 11.6. The molecule has 278 valence electrons. The van der Waals surface area contributed by atoms with Crippen LogP contribution in [0.4, 0.5) is 22.9 Å². The van der Waals surface area contributed by atoms with Gasteiger partial charge in [0.05, 0.1) is 16.7 Å². The molecule has 0 saturated heterocycles. The number of hydrogen-bond acceptors (Lipinski definition) is 8. The summed E-state index contributed by atoms with van der Waals surface area (Å²) in [6.45, 7) is 2.07. The number of aliphatic hydroxyl groups excluding tert-OH is 1. The van der Waals surface area contributed by atoms with Crippen LogP contribution < -0.4 is 20.1 Å². The number of aromatic nitrogens is 1. The number of carbonyl (C=O) groups is 1. The molecule has 4 N–H and O–H groups in total. The second-order valence-corrected chi connectivity index (χ2v) is 14.1. The van der Waals surface area contributed by atoms with Crippen LogP contribution in [0.15, 0.2) is 157 Å². The van der Waals surface area contributed by atoms with Gasteiger partial charge in [-0.1, -0.05) is 92.4 Å². The third kappa shape index (κ3) is 11.2. The highest BCUT2D eigenvalue weighted by Crippen LogP contribution is 2.30. The number of sulfonamides is 1. The molecule has 1 aromatic heterocycles. The molecule has 0 spiro atoms. The van der Waals surface area contributed by atoms with Gasteiger partial charge in [0.25, 0.3) is 10.0 Å². The summed E-state index contributed by atoms with van der Waals surface area (Å²) in [7, 11) is -3.76. The summed E-state index contributed by atoms with van der Waals surface area (Å²) in [6, 6.07) is 44.9. The molecule has 6 rings (SSSR count). The molecule has 0 radical (unpaired) electrons. The Bertz CT molecular complexity index is 2160. The zero-order chi connectivity index (χ0) is 36.9. The summed E-state index contributed by atoms with van der Waals surface area (Å²) in [5.74, 6) is 0.779. The number of hydrogen-bond donors (Lipinski definition) is 4. The van der Waals surface area contributed by atoms with E-state index in [1.807, 2.05) is 66.7 Å². The number of pyridine rings is 1. The third-order valence-corrected chi connectivity index (χ3v) is 9.92. The van der Waals surface area contributed by atoms with E-state index in [9.17, 15) is 18.3 Å². The summed E-state index contributed by atoms with van der Waals surface area (Å²) in [6.07, 6.45) is 2.07. The van der Waals surface area contributed by atoms with E-state index < -0.39 is 16.1 Å². The Hall–Kier alpha value is -6.01. The SMILES string of the molecule is C.O=CNc1cc([C@@H](O)CN(CCc2ccc(Nc3ccc(S(=O)(=O)Nc4ccccn4)cc3)cc2)Cc2ccccc2)ccc1OCc1ccccc1. The molecule has 0 bridgehead atoms.